The van der Waals surface area contributed by atoms with Crippen LogP contribution in [0.5, 0.6) is 0 Å². The van der Waals surface area contributed by atoms with E-state index >= 15 is 0 Å². The number of nitrogens with zero attached hydrogens (tertiary/aromatic N) is 2. The molecule has 0 saturated heterocycles. The molecule has 0 unspecified atom stereocenters. The predicted molar refractivity (Wildman–Crippen MR) is 238 cm³/mol. The summed E-state index contributed by atoms with van der Waals surface area (Å²) in [6, 6.07) is 80.0. The van der Waals surface area contributed by atoms with Gasteiger partial charge < -0.3 is 9.80 Å². The van der Waals surface area contributed by atoms with E-state index in [1.165, 1.54) is 64.6 Å². The Hall–Kier alpha value is -6.94. The van der Waals surface area contributed by atoms with Gasteiger partial charge in [0, 0.05) is 42.6 Å². The van der Waals surface area contributed by atoms with Gasteiger partial charge >= 0.3 is 0 Å². The molecule has 1 aromatic heterocycles. The highest BCUT2D eigenvalue weighted by molar-refractivity contribution is 7.26. The molecule has 2 nitrogen and oxygen atoms in total. The fourth-order valence-corrected chi connectivity index (χ4v) is 10.4. The second-order valence-electron chi connectivity index (χ2n) is 14.5. The quantitative estimate of drug-likeness (QED) is 0.168. The molecule has 0 atom stereocenters. The van der Waals surface area contributed by atoms with Crippen molar-refractivity contribution < 1.29 is 0 Å². The SMILES string of the molecule is c1ccc(N(c2ccc(N3c4ccccc4C(c4ccccc4)(c4cccc5c4sc4ccccc45)c4ccccc43)cc2)c2cccc3ccccc23)cc1. The van der Waals surface area contributed by atoms with E-state index in [0.29, 0.717) is 0 Å². The first-order chi connectivity index (χ1) is 27.8. The van der Waals surface area contributed by atoms with Crippen LogP contribution in [0, 0.1) is 0 Å². The molecule has 0 N–H and O–H groups in total. The normalized spacial score (nSPS) is 13.1. The molecule has 2 heterocycles. The monoisotopic (exact) mass is 732 g/mol. The zero-order chi connectivity index (χ0) is 37.1. The Labute approximate surface area is 330 Å². The molecule has 0 saturated carbocycles. The minimum Gasteiger partial charge on any atom is -0.310 e. The third-order valence-corrected chi connectivity index (χ3v) is 12.7. The van der Waals surface area contributed by atoms with E-state index in [9.17, 15) is 0 Å². The van der Waals surface area contributed by atoms with Gasteiger partial charge in [-0.05, 0) is 88.3 Å². The molecule has 0 aliphatic carbocycles. The number of benzene rings is 9. The Bertz CT molecular complexity index is 2990. The van der Waals surface area contributed by atoms with Gasteiger partial charge in [0.05, 0.1) is 22.5 Å². The van der Waals surface area contributed by atoms with Crippen molar-refractivity contribution in [2.75, 3.05) is 9.80 Å². The number of hydrogen-bond acceptors (Lipinski definition) is 3. The third-order valence-electron chi connectivity index (χ3n) is 11.5. The van der Waals surface area contributed by atoms with E-state index < -0.39 is 5.41 Å². The van der Waals surface area contributed by atoms with Crippen LogP contribution in [0.15, 0.2) is 218 Å². The van der Waals surface area contributed by atoms with Gasteiger partial charge in [0.2, 0.25) is 0 Å². The van der Waals surface area contributed by atoms with Crippen LogP contribution in [0.1, 0.15) is 22.3 Å². The molecule has 0 amide bonds. The lowest BCUT2D eigenvalue weighted by Gasteiger charge is -2.46. The van der Waals surface area contributed by atoms with Crippen molar-refractivity contribution in [3.8, 4) is 0 Å². The van der Waals surface area contributed by atoms with Gasteiger partial charge in [-0.25, -0.2) is 0 Å². The molecular formula is C53H36N2S. The third kappa shape index (κ3) is 4.88. The summed E-state index contributed by atoms with van der Waals surface area (Å²) in [7, 11) is 0. The molecule has 264 valence electrons. The zero-order valence-corrected chi connectivity index (χ0v) is 31.4. The molecule has 10 aromatic rings. The van der Waals surface area contributed by atoms with Crippen LogP contribution >= 0.6 is 11.3 Å². The van der Waals surface area contributed by atoms with Gasteiger partial charge in [-0.2, -0.15) is 0 Å². The summed E-state index contributed by atoms with van der Waals surface area (Å²) in [4.78, 5) is 4.84. The van der Waals surface area contributed by atoms with Crippen molar-refractivity contribution in [2.24, 2.45) is 0 Å². The van der Waals surface area contributed by atoms with Crippen LogP contribution in [-0.2, 0) is 5.41 Å². The summed E-state index contributed by atoms with van der Waals surface area (Å²) in [5.41, 5.74) is 11.4. The number of fused-ring (bicyclic) bond motifs is 6. The molecule has 11 rings (SSSR count). The zero-order valence-electron chi connectivity index (χ0n) is 30.6. The standard InChI is InChI=1S/C53H36N2S/c1-3-19-38(20-4-1)53(47-28-16-25-44-43-24-9-14-32-51(43)56-52(44)47)45-26-10-12-29-49(45)55(50-30-13-11-27-46(50)53)41-35-33-40(34-36-41)54(39-21-5-2-6-22-39)48-31-15-18-37-17-7-8-23-42(37)48/h1-36H. The lowest BCUT2D eigenvalue weighted by molar-refractivity contribution is 0.739. The fourth-order valence-electron chi connectivity index (χ4n) is 9.17. The number of hydrogen-bond donors (Lipinski definition) is 0. The molecule has 0 spiro atoms. The van der Waals surface area contributed by atoms with Crippen LogP contribution in [-0.4, -0.2) is 0 Å². The Kier molecular flexibility index (Phi) is 7.61. The Morgan fingerprint density at radius 1 is 0.393 bits per heavy atom. The topological polar surface area (TPSA) is 6.48 Å². The molecule has 9 aromatic carbocycles. The van der Waals surface area contributed by atoms with Crippen molar-refractivity contribution in [3.63, 3.8) is 0 Å². The van der Waals surface area contributed by atoms with Crippen molar-refractivity contribution in [2.45, 2.75) is 5.41 Å². The minimum absolute atomic E-state index is 0.566. The summed E-state index contributed by atoms with van der Waals surface area (Å²) in [5, 5.41) is 5.05. The minimum atomic E-state index is -0.566. The molecule has 56 heavy (non-hydrogen) atoms. The smallest absolute Gasteiger partial charge is 0.0756 e. The van der Waals surface area contributed by atoms with Crippen molar-refractivity contribution in [1.82, 2.24) is 0 Å². The summed E-state index contributed by atoms with van der Waals surface area (Å²) < 4.78 is 2.64. The van der Waals surface area contributed by atoms with Crippen molar-refractivity contribution in [1.29, 1.82) is 0 Å². The van der Waals surface area contributed by atoms with E-state index in [1.807, 2.05) is 11.3 Å². The molecular weight excluding hydrogens is 697 g/mol. The van der Waals surface area contributed by atoms with E-state index in [2.05, 4.69) is 228 Å². The van der Waals surface area contributed by atoms with Crippen LogP contribution in [0.25, 0.3) is 30.9 Å². The molecule has 3 heteroatoms. The van der Waals surface area contributed by atoms with E-state index in [1.54, 1.807) is 0 Å². The summed E-state index contributed by atoms with van der Waals surface area (Å²) in [5.74, 6) is 0. The number of rotatable bonds is 6. The lowest BCUT2D eigenvalue weighted by atomic mass is 9.62. The van der Waals surface area contributed by atoms with Gasteiger partial charge in [0.25, 0.3) is 0 Å². The fraction of sp³-hybridized carbons (Fsp3) is 0.0189. The second kappa shape index (κ2) is 13.1. The van der Waals surface area contributed by atoms with Crippen molar-refractivity contribution >= 4 is 76.4 Å². The molecule has 1 aliphatic rings. The largest absolute Gasteiger partial charge is 0.310 e. The van der Waals surface area contributed by atoms with E-state index in [0.717, 1.165) is 22.7 Å². The van der Waals surface area contributed by atoms with Gasteiger partial charge in [-0.3, -0.25) is 0 Å². The first kappa shape index (κ1) is 32.5. The van der Waals surface area contributed by atoms with Crippen LogP contribution in [0.3, 0.4) is 0 Å². The number of thiophene rings is 1. The Morgan fingerprint density at radius 2 is 0.929 bits per heavy atom. The van der Waals surface area contributed by atoms with Crippen LogP contribution < -0.4 is 9.80 Å². The first-order valence-electron chi connectivity index (χ1n) is 19.2. The molecule has 0 bridgehead atoms. The van der Waals surface area contributed by atoms with Gasteiger partial charge in [0.1, 0.15) is 0 Å². The average Bonchev–Trinajstić information content (AvgIpc) is 3.66. The summed E-state index contributed by atoms with van der Waals surface area (Å²) in [6.45, 7) is 0. The highest BCUT2D eigenvalue weighted by Gasteiger charge is 2.47. The summed E-state index contributed by atoms with van der Waals surface area (Å²) >= 11 is 1.90. The van der Waals surface area contributed by atoms with E-state index in [4.69, 9.17) is 0 Å². The van der Waals surface area contributed by atoms with Gasteiger partial charge in [0.15, 0.2) is 0 Å². The number of anilines is 6. The highest BCUT2D eigenvalue weighted by Crippen LogP contribution is 2.59. The predicted octanol–water partition coefficient (Wildman–Crippen LogP) is 14.8. The highest BCUT2D eigenvalue weighted by atomic mass is 32.1. The van der Waals surface area contributed by atoms with Crippen LogP contribution in [0.4, 0.5) is 34.1 Å². The molecule has 0 radical (unpaired) electrons. The first-order valence-corrected chi connectivity index (χ1v) is 20.0. The van der Waals surface area contributed by atoms with Gasteiger partial charge in [-0.1, -0.05) is 158 Å². The Balaban J connectivity index is 1.13. The van der Waals surface area contributed by atoms with Crippen LogP contribution in [0.2, 0.25) is 0 Å². The van der Waals surface area contributed by atoms with Gasteiger partial charge in [-0.15, -0.1) is 11.3 Å². The second-order valence-corrected chi connectivity index (χ2v) is 15.5. The maximum absolute atomic E-state index is 2.46. The average molecular weight is 733 g/mol. The summed E-state index contributed by atoms with van der Waals surface area (Å²) in [6.07, 6.45) is 0. The molecule has 0 fully saturated rings. The maximum atomic E-state index is 2.46. The lowest BCUT2D eigenvalue weighted by Crippen LogP contribution is -2.37. The maximum Gasteiger partial charge on any atom is 0.0756 e. The van der Waals surface area contributed by atoms with Crippen molar-refractivity contribution in [3.05, 3.63) is 241 Å². The Morgan fingerprint density at radius 3 is 1.68 bits per heavy atom. The number of para-hydroxylation sites is 3. The van der Waals surface area contributed by atoms with E-state index in [-0.39, 0.29) is 0 Å². The molecule has 1 aliphatic heterocycles.